The molecule has 0 amide bonds. The summed E-state index contributed by atoms with van der Waals surface area (Å²) in [6.07, 6.45) is 32.5. The average molecular weight is 454 g/mol. The maximum Gasteiger partial charge on any atom is 0.0478 e. The molecule has 194 valence electrons. The highest BCUT2D eigenvalue weighted by atomic mass is 16.5. The van der Waals surface area contributed by atoms with Crippen LogP contribution in [0.25, 0.3) is 0 Å². The van der Waals surface area contributed by atoms with Crippen molar-refractivity contribution in [3.05, 3.63) is 0 Å². The van der Waals surface area contributed by atoms with Crippen LogP contribution >= 0.6 is 0 Å². The lowest BCUT2D eigenvalue weighted by molar-refractivity contribution is 0.119. The van der Waals surface area contributed by atoms with E-state index in [1.807, 2.05) is 0 Å². The second kappa shape index (κ2) is 29.0. The summed E-state index contributed by atoms with van der Waals surface area (Å²) >= 11 is 0. The van der Waals surface area contributed by atoms with Gasteiger partial charge in [-0.3, -0.25) is 0 Å². The lowest BCUT2D eigenvalue weighted by atomic mass is 10.0. The highest BCUT2D eigenvalue weighted by Crippen LogP contribution is 2.13. The maximum atomic E-state index is 5.80. The maximum absolute atomic E-state index is 5.80. The van der Waals surface area contributed by atoms with Gasteiger partial charge in [0.15, 0.2) is 0 Å². The summed E-state index contributed by atoms with van der Waals surface area (Å²) in [5, 5.41) is 0. The highest BCUT2D eigenvalue weighted by Gasteiger charge is 1.99. The number of hydrogen-bond acceptors (Lipinski definition) is 2. The van der Waals surface area contributed by atoms with E-state index in [-0.39, 0.29) is 0 Å². The van der Waals surface area contributed by atoms with Crippen LogP contribution in [-0.2, 0) is 4.74 Å². The van der Waals surface area contributed by atoms with Crippen LogP contribution in [0.2, 0.25) is 0 Å². The summed E-state index contributed by atoms with van der Waals surface area (Å²) in [5.74, 6) is 0. The monoisotopic (exact) mass is 453 g/mol. The van der Waals surface area contributed by atoms with Crippen LogP contribution in [0.3, 0.4) is 0 Å². The summed E-state index contributed by atoms with van der Waals surface area (Å²) in [7, 11) is 2.28. The van der Waals surface area contributed by atoms with Crippen LogP contribution in [0.4, 0.5) is 0 Å². The molecule has 0 aromatic heterocycles. The Hall–Kier alpha value is -0.0800. The molecule has 0 N–H and O–H groups in total. The molecular weight excluding hydrogens is 390 g/mol. The Morgan fingerprint density at radius 3 is 1.12 bits per heavy atom. The third kappa shape index (κ3) is 28.0. The average Bonchev–Trinajstić information content (AvgIpc) is 2.80. The summed E-state index contributed by atoms with van der Waals surface area (Å²) in [5.41, 5.74) is 0. The van der Waals surface area contributed by atoms with Crippen LogP contribution in [0.5, 0.6) is 0 Å². The standard InChI is InChI=1S/C30H63NO/c1-4-6-8-10-12-13-14-15-16-17-18-19-20-21-22-24-27-31(3)28-26-30-32-29-25-23-11-9-7-5-2/h4-30H2,1-3H3. The van der Waals surface area contributed by atoms with E-state index in [0.717, 1.165) is 13.2 Å². The van der Waals surface area contributed by atoms with E-state index in [9.17, 15) is 0 Å². The van der Waals surface area contributed by atoms with Crippen LogP contribution in [0, 0.1) is 0 Å². The molecule has 0 saturated carbocycles. The van der Waals surface area contributed by atoms with Gasteiger partial charge in [0, 0.05) is 19.8 Å². The van der Waals surface area contributed by atoms with Crippen molar-refractivity contribution < 1.29 is 4.74 Å². The molecule has 0 bridgehead atoms. The van der Waals surface area contributed by atoms with Gasteiger partial charge in [-0.05, 0) is 32.9 Å². The smallest absolute Gasteiger partial charge is 0.0478 e. The van der Waals surface area contributed by atoms with Crippen molar-refractivity contribution in [2.75, 3.05) is 33.4 Å². The molecule has 2 heteroatoms. The molecule has 0 aromatic carbocycles. The van der Waals surface area contributed by atoms with Gasteiger partial charge in [-0.1, -0.05) is 142 Å². The van der Waals surface area contributed by atoms with E-state index < -0.39 is 0 Å². The molecule has 2 nitrogen and oxygen atoms in total. The third-order valence-electron chi connectivity index (χ3n) is 6.86. The van der Waals surface area contributed by atoms with E-state index in [0.29, 0.717) is 0 Å². The zero-order valence-electron chi connectivity index (χ0n) is 22.9. The Labute approximate surface area is 204 Å². The fourth-order valence-electron chi connectivity index (χ4n) is 4.56. The Kier molecular flexibility index (Phi) is 28.9. The van der Waals surface area contributed by atoms with E-state index in [1.54, 1.807) is 0 Å². The third-order valence-corrected chi connectivity index (χ3v) is 6.86. The van der Waals surface area contributed by atoms with E-state index in [1.165, 1.54) is 161 Å². The minimum atomic E-state index is 0.943. The second-order valence-corrected chi connectivity index (χ2v) is 10.3. The van der Waals surface area contributed by atoms with Crippen molar-refractivity contribution in [3.63, 3.8) is 0 Å². The first kappa shape index (κ1) is 31.9. The molecule has 0 radical (unpaired) electrons. The molecule has 32 heavy (non-hydrogen) atoms. The zero-order chi connectivity index (χ0) is 23.4. The first-order valence-electron chi connectivity index (χ1n) is 15.1. The quantitative estimate of drug-likeness (QED) is 0.109. The lowest BCUT2D eigenvalue weighted by Gasteiger charge is -2.16. The number of nitrogens with zero attached hydrogens (tertiary/aromatic N) is 1. The van der Waals surface area contributed by atoms with Gasteiger partial charge in [-0.25, -0.2) is 0 Å². The first-order chi connectivity index (χ1) is 15.8. The summed E-state index contributed by atoms with van der Waals surface area (Å²) in [6.45, 7) is 8.94. The molecule has 0 saturated heterocycles. The van der Waals surface area contributed by atoms with Crippen molar-refractivity contribution in [3.8, 4) is 0 Å². The first-order valence-corrected chi connectivity index (χ1v) is 15.1. The van der Waals surface area contributed by atoms with Crippen LogP contribution < -0.4 is 0 Å². The summed E-state index contributed by atoms with van der Waals surface area (Å²) in [6, 6.07) is 0. The normalized spacial score (nSPS) is 11.6. The Balaban J connectivity index is 3.12. The Bertz CT molecular complexity index is 320. The molecule has 0 aromatic rings. The van der Waals surface area contributed by atoms with Gasteiger partial charge in [0.1, 0.15) is 0 Å². The molecule has 0 heterocycles. The molecule has 0 aliphatic heterocycles. The Morgan fingerprint density at radius 2 is 0.688 bits per heavy atom. The van der Waals surface area contributed by atoms with Gasteiger partial charge in [0.2, 0.25) is 0 Å². The predicted octanol–water partition coefficient (Wildman–Crippen LogP) is 9.95. The van der Waals surface area contributed by atoms with Crippen LogP contribution in [-0.4, -0.2) is 38.3 Å². The zero-order valence-corrected chi connectivity index (χ0v) is 22.9. The van der Waals surface area contributed by atoms with Crippen molar-refractivity contribution in [2.45, 2.75) is 162 Å². The molecule has 0 rings (SSSR count). The number of rotatable bonds is 28. The topological polar surface area (TPSA) is 12.5 Å². The van der Waals surface area contributed by atoms with Crippen molar-refractivity contribution in [1.82, 2.24) is 4.90 Å². The van der Waals surface area contributed by atoms with Crippen molar-refractivity contribution >= 4 is 0 Å². The fourth-order valence-corrected chi connectivity index (χ4v) is 4.56. The van der Waals surface area contributed by atoms with E-state index in [2.05, 4.69) is 25.8 Å². The minimum Gasteiger partial charge on any atom is -0.381 e. The van der Waals surface area contributed by atoms with Gasteiger partial charge in [0.05, 0.1) is 0 Å². The van der Waals surface area contributed by atoms with E-state index in [4.69, 9.17) is 4.74 Å². The van der Waals surface area contributed by atoms with Gasteiger partial charge in [-0.2, -0.15) is 0 Å². The summed E-state index contributed by atoms with van der Waals surface area (Å²) < 4.78 is 5.80. The lowest BCUT2D eigenvalue weighted by Crippen LogP contribution is -2.22. The Morgan fingerprint density at radius 1 is 0.375 bits per heavy atom. The van der Waals surface area contributed by atoms with Crippen LogP contribution in [0.1, 0.15) is 162 Å². The summed E-state index contributed by atoms with van der Waals surface area (Å²) in [4.78, 5) is 2.50. The molecule has 0 atom stereocenters. The number of hydrogen-bond donors (Lipinski definition) is 0. The highest BCUT2D eigenvalue weighted by molar-refractivity contribution is 4.54. The van der Waals surface area contributed by atoms with Gasteiger partial charge in [0.25, 0.3) is 0 Å². The van der Waals surface area contributed by atoms with Crippen molar-refractivity contribution in [1.29, 1.82) is 0 Å². The second-order valence-electron chi connectivity index (χ2n) is 10.3. The van der Waals surface area contributed by atoms with Gasteiger partial charge in [-0.15, -0.1) is 0 Å². The predicted molar refractivity (Wildman–Crippen MR) is 146 cm³/mol. The molecule has 0 unspecified atom stereocenters. The SMILES string of the molecule is CCCCCCCCCCCCCCCCCCN(C)CCCOCCCCCCCC. The molecule has 0 fully saturated rings. The molecule has 0 spiro atoms. The van der Waals surface area contributed by atoms with Crippen molar-refractivity contribution in [2.24, 2.45) is 0 Å². The molecule has 0 aliphatic rings. The minimum absolute atomic E-state index is 0.943. The largest absolute Gasteiger partial charge is 0.381 e. The number of ether oxygens (including phenoxy) is 1. The van der Waals surface area contributed by atoms with Crippen LogP contribution in [0.15, 0.2) is 0 Å². The number of unbranched alkanes of at least 4 members (excludes halogenated alkanes) is 20. The molecule has 0 aliphatic carbocycles. The van der Waals surface area contributed by atoms with E-state index >= 15 is 0 Å². The fraction of sp³-hybridized carbons (Fsp3) is 1.00. The molecular formula is C30H63NO. The van der Waals surface area contributed by atoms with Gasteiger partial charge >= 0.3 is 0 Å². The van der Waals surface area contributed by atoms with Gasteiger partial charge < -0.3 is 9.64 Å².